The third-order valence-corrected chi connectivity index (χ3v) is 5.40. The quantitative estimate of drug-likeness (QED) is 0.716. The molecule has 3 aromatic rings. The number of piperidine rings is 1. The van der Waals surface area contributed by atoms with Crippen LogP contribution in [0.25, 0.3) is 11.0 Å². The second kappa shape index (κ2) is 8.47. The molecule has 2 aromatic carbocycles. The standard InChI is InChI=1S/C23H23FN2O3/c24-19-7-5-16(6-8-19)13-22(27)25-15-17-9-11-26(12-10-17)23(28)21-14-18-3-1-2-4-20(18)29-21/h1-8,14,17H,9-13,15H2,(H,25,27). The van der Waals surface area contributed by atoms with Crippen molar-refractivity contribution in [3.63, 3.8) is 0 Å². The van der Waals surface area contributed by atoms with Crippen molar-refractivity contribution < 1.29 is 18.4 Å². The molecule has 0 radical (unpaired) electrons. The number of likely N-dealkylation sites (tertiary alicyclic amines) is 1. The van der Waals surface area contributed by atoms with E-state index in [0.717, 1.165) is 29.4 Å². The van der Waals surface area contributed by atoms with Crippen molar-refractivity contribution in [2.45, 2.75) is 19.3 Å². The van der Waals surface area contributed by atoms with Gasteiger partial charge in [0.15, 0.2) is 5.76 Å². The van der Waals surface area contributed by atoms with Gasteiger partial charge in [-0.3, -0.25) is 9.59 Å². The molecule has 0 aliphatic carbocycles. The number of carbonyl (C=O) groups excluding carboxylic acids is 2. The summed E-state index contributed by atoms with van der Waals surface area (Å²) in [5.74, 6) is 0.250. The molecule has 0 spiro atoms. The highest BCUT2D eigenvalue weighted by molar-refractivity contribution is 5.96. The normalized spacial score (nSPS) is 14.9. The van der Waals surface area contributed by atoms with Gasteiger partial charge in [-0.05, 0) is 48.6 Å². The van der Waals surface area contributed by atoms with Gasteiger partial charge in [0.25, 0.3) is 5.91 Å². The Bertz CT molecular complexity index is 971. The number of hydrogen-bond acceptors (Lipinski definition) is 3. The van der Waals surface area contributed by atoms with Gasteiger partial charge in [-0.25, -0.2) is 4.39 Å². The molecular weight excluding hydrogens is 371 g/mol. The molecule has 1 fully saturated rings. The van der Waals surface area contributed by atoms with Gasteiger partial charge in [-0.15, -0.1) is 0 Å². The van der Waals surface area contributed by atoms with Crippen molar-refractivity contribution in [2.24, 2.45) is 5.92 Å². The lowest BCUT2D eigenvalue weighted by molar-refractivity contribution is -0.120. The lowest BCUT2D eigenvalue weighted by Crippen LogP contribution is -2.41. The van der Waals surface area contributed by atoms with Crippen LogP contribution in [0.15, 0.2) is 59.0 Å². The van der Waals surface area contributed by atoms with Gasteiger partial charge in [-0.2, -0.15) is 0 Å². The van der Waals surface area contributed by atoms with Gasteiger partial charge in [0.05, 0.1) is 6.42 Å². The summed E-state index contributed by atoms with van der Waals surface area (Å²) in [4.78, 5) is 26.6. The van der Waals surface area contributed by atoms with E-state index in [1.807, 2.05) is 29.2 Å². The first-order valence-corrected chi connectivity index (χ1v) is 9.87. The van der Waals surface area contributed by atoms with Crippen molar-refractivity contribution >= 4 is 22.8 Å². The molecule has 1 saturated heterocycles. The Morgan fingerprint density at radius 1 is 1.07 bits per heavy atom. The maximum atomic E-state index is 12.9. The summed E-state index contributed by atoms with van der Waals surface area (Å²) in [5, 5.41) is 3.88. The van der Waals surface area contributed by atoms with Crippen LogP contribution in [-0.2, 0) is 11.2 Å². The minimum Gasteiger partial charge on any atom is -0.451 e. The lowest BCUT2D eigenvalue weighted by Gasteiger charge is -2.31. The SMILES string of the molecule is O=C(Cc1ccc(F)cc1)NCC1CCN(C(=O)c2cc3ccccc3o2)CC1. The van der Waals surface area contributed by atoms with Crippen LogP contribution in [0, 0.1) is 11.7 Å². The van der Waals surface area contributed by atoms with Crippen molar-refractivity contribution in [3.05, 3.63) is 71.7 Å². The van der Waals surface area contributed by atoms with E-state index >= 15 is 0 Å². The minimum absolute atomic E-state index is 0.0719. The van der Waals surface area contributed by atoms with Crippen LogP contribution in [0.3, 0.4) is 0 Å². The summed E-state index contributed by atoms with van der Waals surface area (Å²) in [6.07, 6.45) is 1.91. The molecular formula is C23H23FN2O3. The minimum atomic E-state index is -0.307. The highest BCUT2D eigenvalue weighted by atomic mass is 19.1. The summed E-state index contributed by atoms with van der Waals surface area (Å²) in [7, 11) is 0. The first-order valence-electron chi connectivity index (χ1n) is 9.87. The molecule has 5 nitrogen and oxygen atoms in total. The molecule has 0 unspecified atom stereocenters. The maximum Gasteiger partial charge on any atom is 0.289 e. The molecule has 1 N–H and O–H groups in total. The fourth-order valence-electron chi connectivity index (χ4n) is 3.69. The number of amides is 2. The Morgan fingerprint density at radius 3 is 2.52 bits per heavy atom. The van der Waals surface area contributed by atoms with Crippen molar-refractivity contribution in [2.75, 3.05) is 19.6 Å². The Morgan fingerprint density at radius 2 is 1.79 bits per heavy atom. The first-order chi connectivity index (χ1) is 14.1. The summed E-state index contributed by atoms with van der Waals surface area (Å²) >= 11 is 0. The number of carbonyl (C=O) groups is 2. The third kappa shape index (κ3) is 4.65. The average Bonchev–Trinajstić information content (AvgIpc) is 3.18. The molecule has 2 heterocycles. The molecule has 0 saturated carbocycles. The van der Waals surface area contributed by atoms with Crippen molar-refractivity contribution in [1.29, 1.82) is 0 Å². The molecule has 1 aromatic heterocycles. The molecule has 0 bridgehead atoms. The zero-order valence-electron chi connectivity index (χ0n) is 16.1. The summed E-state index contributed by atoms with van der Waals surface area (Å²) in [6, 6.07) is 15.3. The number of para-hydroxylation sites is 1. The largest absolute Gasteiger partial charge is 0.451 e. The number of rotatable bonds is 5. The fraction of sp³-hybridized carbons (Fsp3) is 0.304. The van der Waals surface area contributed by atoms with E-state index in [1.165, 1.54) is 12.1 Å². The number of hydrogen-bond donors (Lipinski definition) is 1. The molecule has 6 heteroatoms. The number of nitrogens with one attached hydrogen (secondary N) is 1. The van der Waals surface area contributed by atoms with Crippen LogP contribution in [0.4, 0.5) is 4.39 Å². The number of furan rings is 1. The number of nitrogens with zero attached hydrogens (tertiary/aromatic N) is 1. The number of halogens is 1. The van der Waals surface area contributed by atoms with E-state index in [-0.39, 0.29) is 24.1 Å². The Hall–Kier alpha value is -3.15. The second-order valence-corrected chi connectivity index (χ2v) is 7.49. The molecule has 2 amide bonds. The van der Waals surface area contributed by atoms with Gasteiger partial charge in [0.1, 0.15) is 11.4 Å². The summed E-state index contributed by atoms with van der Waals surface area (Å²) in [6.45, 7) is 1.88. The number of benzene rings is 2. The van der Waals surface area contributed by atoms with Crippen LogP contribution in [0.5, 0.6) is 0 Å². The monoisotopic (exact) mass is 394 g/mol. The Balaban J connectivity index is 1.24. The molecule has 1 aliphatic rings. The molecule has 4 rings (SSSR count). The zero-order chi connectivity index (χ0) is 20.2. The van der Waals surface area contributed by atoms with E-state index in [1.54, 1.807) is 18.2 Å². The van der Waals surface area contributed by atoms with Crippen molar-refractivity contribution in [3.8, 4) is 0 Å². The molecule has 0 atom stereocenters. The topological polar surface area (TPSA) is 62.6 Å². The summed E-state index contributed by atoms with van der Waals surface area (Å²) < 4.78 is 18.6. The Kier molecular flexibility index (Phi) is 5.60. The average molecular weight is 394 g/mol. The lowest BCUT2D eigenvalue weighted by atomic mass is 9.96. The van der Waals surface area contributed by atoms with Crippen LogP contribution in [-0.4, -0.2) is 36.3 Å². The molecule has 29 heavy (non-hydrogen) atoms. The van der Waals surface area contributed by atoms with Crippen LogP contribution in [0.1, 0.15) is 29.0 Å². The third-order valence-electron chi connectivity index (χ3n) is 5.40. The predicted molar refractivity (Wildman–Crippen MR) is 108 cm³/mol. The Labute approximate surface area is 168 Å². The van der Waals surface area contributed by atoms with E-state index in [9.17, 15) is 14.0 Å². The van der Waals surface area contributed by atoms with E-state index in [2.05, 4.69) is 5.32 Å². The highest BCUT2D eigenvalue weighted by Gasteiger charge is 2.26. The van der Waals surface area contributed by atoms with Crippen molar-refractivity contribution in [1.82, 2.24) is 10.2 Å². The maximum absolute atomic E-state index is 12.9. The first kappa shape index (κ1) is 19.2. The van der Waals surface area contributed by atoms with Gasteiger partial charge in [0.2, 0.25) is 5.91 Å². The van der Waals surface area contributed by atoms with Gasteiger partial charge in [0, 0.05) is 25.0 Å². The van der Waals surface area contributed by atoms with Crippen LogP contribution >= 0.6 is 0 Å². The second-order valence-electron chi connectivity index (χ2n) is 7.49. The highest BCUT2D eigenvalue weighted by Crippen LogP contribution is 2.23. The van der Waals surface area contributed by atoms with E-state index in [4.69, 9.17) is 4.42 Å². The molecule has 150 valence electrons. The van der Waals surface area contributed by atoms with Gasteiger partial charge in [-0.1, -0.05) is 30.3 Å². The van der Waals surface area contributed by atoms with E-state index < -0.39 is 0 Å². The van der Waals surface area contributed by atoms with Crippen LogP contribution in [0.2, 0.25) is 0 Å². The van der Waals surface area contributed by atoms with E-state index in [0.29, 0.717) is 31.3 Å². The summed E-state index contributed by atoms with van der Waals surface area (Å²) in [5.41, 5.74) is 1.50. The van der Waals surface area contributed by atoms with Gasteiger partial charge >= 0.3 is 0 Å². The smallest absolute Gasteiger partial charge is 0.289 e. The predicted octanol–water partition coefficient (Wildman–Crippen LogP) is 3.78. The number of fused-ring (bicyclic) bond motifs is 1. The fourth-order valence-corrected chi connectivity index (χ4v) is 3.69. The van der Waals surface area contributed by atoms with Crippen LogP contribution < -0.4 is 5.32 Å². The molecule has 1 aliphatic heterocycles. The van der Waals surface area contributed by atoms with Gasteiger partial charge < -0.3 is 14.6 Å². The zero-order valence-corrected chi connectivity index (χ0v) is 16.1.